The van der Waals surface area contributed by atoms with E-state index < -0.39 is 11.4 Å². The van der Waals surface area contributed by atoms with Crippen LogP contribution in [0.4, 0.5) is 0 Å². The monoisotopic (exact) mass is 238 g/mol. The van der Waals surface area contributed by atoms with Crippen LogP contribution in [0.1, 0.15) is 19.4 Å². The van der Waals surface area contributed by atoms with Crippen molar-refractivity contribution in [3.8, 4) is 17.2 Å². The van der Waals surface area contributed by atoms with Gasteiger partial charge < -0.3 is 19.7 Å². The minimum absolute atomic E-state index is 0.0330. The van der Waals surface area contributed by atoms with E-state index in [0.29, 0.717) is 17.1 Å². The molecular formula is C12H14O5. The normalized spacial score (nSPS) is 13.8. The van der Waals surface area contributed by atoms with E-state index in [9.17, 15) is 9.90 Å². The molecule has 2 rings (SSSR count). The summed E-state index contributed by atoms with van der Waals surface area (Å²) in [6.45, 7) is 3.30. The molecule has 0 radical (unpaired) electrons. The Balaban J connectivity index is 2.32. The lowest BCUT2D eigenvalue weighted by molar-refractivity contribution is -0.146. The number of benzene rings is 1. The van der Waals surface area contributed by atoms with Crippen molar-refractivity contribution in [3.63, 3.8) is 0 Å². The summed E-state index contributed by atoms with van der Waals surface area (Å²) in [5.41, 5.74) is -0.396. The molecule has 0 amide bonds. The first-order chi connectivity index (χ1) is 7.92. The van der Waals surface area contributed by atoms with E-state index in [1.807, 2.05) is 0 Å². The number of carboxylic acids is 1. The molecular weight excluding hydrogens is 224 g/mol. The number of phenols is 1. The molecule has 5 nitrogen and oxygen atoms in total. The van der Waals surface area contributed by atoms with Crippen molar-refractivity contribution in [3.05, 3.63) is 17.7 Å². The Kier molecular flexibility index (Phi) is 2.61. The third-order valence-electron chi connectivity index (χ3n) is 2.81. The molecule has 17 heavy (non-hydrogen) atoms. The lowest BCUT2D eigenvalue weighted by atomic mass is 9.85. The highest BCUT2D eigenvalue weighted by molar-refractivity contribution is 5.74. The van der Waals surface area contributed by atoms with Crippen LogP contribution in [0.25, 0.3) is 0 Å². The van der Waals surface area contributed by atoms with Gasteiger partial charge in [-0.25, -0.2) is 0 Å². The highest BCUT2D eigenvalue weighted by atomic mass is 16.7. The summed E-state index contributed by atoms with van der Waals surface area (Å²) in [5.74, 6) is -0.160. The number of phenolic OH excluding ortho intramolecular Hbond substituents is 1. The molecule has 0 atom stereocenters. The lowest BCUT2D eigenvalue weighted by Gasteiger charge is -2.19. The number of fused-ring (bicyclic) bond motifs is 1. The molecule has 2 N–H and O–H groups in total. The van der Waals surface area contributed by atoms with Gasteiger partial charge in [-0.15, -0.1) is 0 Å². The maximum atomic E-state index is 11.0. The quantitative estimate of drug-likeness (QED) is 0.839. The minimum atomic E-state index is -0.939. The zero-order valence-electron chi connectivity index (χ0n) is 9.69. The highest BCUT2D eigenvalue weighted by Gasteiger charge is 2.30. The first-order valence-corrected chi connectivity index (χ1v) is 5.25. The van der Waals surface area contributed by atoms with Gasteiger partial charge in [-0.05, 0) is 31.9 Å². The predicted molar refractivity (Wildman–Crippen MR) is 59.4 cm³/mol. The van der Waals surface area contributed by atoms with Crippen LogP contribution in [-0.2, 0) is 11.2 Å². The molecule has 1 aliphatic rings. The lowest BCUT2D eigenvalue weighted by Crippen LogP contribution is -2.26. The predicted octanol–water partition coefficient (Wildman–Crippen LogP) is 1.77. The summed E-state index contributed by atoms with van der Waals surface area (Å²) in [6.07, 6.45) is 0.227. The van der Waals surface area contributed by atoms with Crippen LogP contribution in [-0.4, -0.2) is 23.0 Å². The highest BCUT2D eigenvalue weighted by Crippen LogP contribution is 2.43. The first-order valence-electron chi connectivity index (χ1n) is 5.25. The van der Waals surface area contributed by atoms with Crippen LogP contribution < -0.4 is 9.47 Å². The van der Waals surface area contributed by atoms with Crippen LogP contribution >= 0.6 is 0 Å². The maximum absolute atomic E-state index is 11.0. The van der Waals surface area contributed by atoms with Gasteiger partial charge in [0, 0.05) is 0 Å². The fourth-order valence-electron chi connectivity index (χ4n) is 1.69. The number of aliphatic carboxylic acids is 1. The van der Waals surface area contributed by atoms with Crippen LogP contribution in [0.2, 0.25) is 0 Å². The van der Waals surface area contributed by atoms with E-state index in [1.54, 1.807) is 26.0 Å². The Morgan fingerprint density at radius 1 is 1.41 bits per heavy atom. The van der Waals surface area contributed by atoms with Crippen LogP contribution in [0.3, 0.4) is 0 Å². The fourth-order valence-corrected chi connectivity index (χ4v) is 1.69. The second-order valence-electron chi connectivity index (χ2n) is 4.67. The summed E-state index contributed by atoms with van der Waals surface area (Å²) < 4.78 is 10.2. The van der Waals surface area contributed by atoms with E-state index in [0.717, 1.165) is 0 Å². The summed E-state index contributed by atoms with van der Waals surface area (Å²) in [5, 5.41) is 19.0. The standard InChI is InChI=1S/C12H14O5/c1-12(2,11(14)15)5-7-3-4-8-10(9(7)13)17-6-16-8/h3-4,13H,5-6H2,1-2H3,(H,14,15). The average Bonchev–Trinajstić information content (AvgIpc) is 2.70. The summed E-state index contributed by atoms with van der Waals surface area (Å²) >= 11 is 0. The first kappa shape index (κ1) is 11.6. The van der Waals surface area contributed by atoms with Gasteiger partial charge in [-0.1, -0.05) is 6.07 Å². The number of carbonyl (C=O) groups is 1. The molecule has 1 aliphatic heterocycles. The van der Waals surface area contributed by atoms with E-state index in [4.69, 9.17) is 14.6 Å². The van der Waals surface area contributed by atoms with Gasteiger partial charge in [0.05, 0.1) is 5.41 Å². The Morgan fingerprint density at radius 3 is 2.76 bits per heavy atom. The zero-order valence-corrected chi connectivity index (χ0v) is 9.69. The van der Waals surface area contributed by atoms with Gasteiger partial charge in [0.2, 0.25) is 12.5 Å². The third-order valence-corrected chi connectivity index (χ3v) is 2.81. The maximum Gasteiger partial charge on any atom is 0.309 e. The number of hydrogen-bond donors (Lipinski definition) is 2. The average molecular weight is 238 g/mol. The molecule has 1 aromatic carbocycles. The smallest absolute Gasteiger partial charge is 0.309 e. The Labute approximate surface area is 98.6 Å². The summed E-state index contributed by atoms with van der Waals surface area (Å²) in [7, 11) is 0. The van der Waals surface area contributed by atoms with Gasteiger partial charge >= 0.3 is 5.97 Å². The van der Waals surface area contributed by atoms with Crippen molar-refractivity contribution in [2.24, 2.45) is 5.41 Å². The van der Waals surface area contributed by atoms with Crippen molar-refractivity contribution in [1.29, 1.82) is 0 Å². The van der Waals surface area contributed by atoms with Crippen molar-refractivity contribution in [2.75, 3.05) is 6.79 Å². The SMILES string of the molecule is CC(C)(Cc1ccc2c(c1O)OCO2)C(=O)O. The molecule has 0 aromatic heterocycles. The molecule has 0 saturated heterocycles. The van der Waals surface area contributed by atoms with Crippen molar-refractivity contribution in [2.45, 2.75) is 20.3 Å². The van der Waals surface area contributed by atoms with Crippen molar-refractivity contribution >= 4 is 5.97 Å². The number of hydrogen-bond acceptors (Lipinski definition) is 4. The third kappa shape index (κ3) is 2.00. The van der Waals surface area contributed by atoms with E-state index in [1.165, 1.54) is 0 Å². The minimum Gasteiger partial charge on any atom is -0.504 e. The molecule has 0 unspecified atom stereocenters. The van der Waals surface area contributed by atoms with Gasteiger partial charge in [-0.2, -0.15) is 0 Å². The zero-order chi connectivity index (χ0) is 12.6. The summed E-state index contributed by atoms with van der Waals surface area (Å²) in [6, 6.07) is 3.34. The second kappa shape index (κ2) is 3.84. The second-order valence-corrected chi connectivity index (χ2v) is 4.67. The summed E-state index contributed by atoms with van der Waals surface area (Å²) in [4.78, 5) is 11.0. The van der Waals surface area contributed by atoms with Crippen molar-refractivity contribution < 1.29 is 24.5 Å². The van der Waals surface area contributed by atoms with Gasteiger partial charge in [0.1, 0.15) is 0 Å². The van der Waals surface area contributed by atoms with Gasteiger partial charge in [0.25, 0.3) is 0 Å². The molecule has 0 bridgehead atoms. The Bertz CT molecular complexity index is 464. The molecule has 1 aromatic rings. The van der Waals surface area contributed by atoms with Gasteiger partial charge in [0.15, 0.2) is 11.5 Å². The number of ether oxygens (including phenoxy) is 2. The molecule has 5 heteroatoms. The molecule has 0 spiro atoms. The van der Waals surface area contributed by atoms with Crippen molar-refractivity contribution in [1.82, 2.24) is 0 Å². The van der Waals surface area contributed by atoms with Crippen LogP contribution in [0.5, 0.6) is 17.2 Å². The van der Waals surface area contributed by atoms with E-state index in [-0.39, 0.29) is 19.0 Å². The van der Waals surface area contributed by atoms with Gasteiger partial charge in [-0.3, -0.25) is 4.79 Å². The number of aromatic hydroxyl groups is 1. The number of carboxylic acid groups (broad SMARTS) is 1. The Morgan fingerprint density at radius 2 is 2.12 bits per heavy atom. The topological polar surface area (TPSA) is 76.0 Å². The fraction of sp³-hybridized carbons (Fsp3) is 0.417. The number of rotatable bonds is 3. The van der Waals surface area contributed by atoms with Crippen LogP contribution in [0, 0.1) is 5.41 Å². The molecule has 0 saturated carbocycles. The van der Waals surface area contributed by atoms with E-state index in [2.05, 4.69) is 0 Å². The Hall–Kier alpha value is -1.91. The molecule has 1 heterocycles. The van der Waals surface area contributed by atoms with E-state index >= 15 is 0 Å². The molecule has 0 aliphatic carbocycles. The molecule has 92 valence electrons. The largest absolute Gasteiger partial charge is 0.504 e. The molecule has 0 fully saturated rings. The van der Waals surface area contributed by atoms with Crippen LogP contribution in [0.15, 0.2) is 12.1 Å².